The monoisotopic (exact) mass is 388 g/mol. The zero-order valence-corrected chi connectivity index (χ0v) is 20.7. The Kier molecular flexibility index (Phi) is 6.37. The maximum atomic E-state index is 6.30. The summed E-state index contributed by atoms with van der Waals surface area (Å²) in [5.41, 5.74) is 0. The second-order valence-electron chi connectivity index (χ2n) is 6.63. The van der Waals surface area contributed by atoms with Crippen molar-refractivity contribution in [1.82, 2.24) is 0 Å². The van der Waals surface area contributed by atoms with Gasteiger partial charge in [0.05, 0.1) is 0 Å². The first kappa shape index (κ1) is 19.1. The Morgan fingerprint density at radius 2 is 0.800 bits per heavy atom. The molecule has 0 unspecified atom stereocenters. The van der Waals surface area contributed by atoms with Gasteiger partial charge in [-0.3, -0.25) is 0 Å². The van der Waals surface area contributed by atoms with Gasteiger partial charge in [-0.25, -0.2) is 0 Å². The average Bonchev–Trinajstić information content (AvgIpc) is 2.08. The quantitative estimate of drug-likeness (QED) is 0.575. The smallest absolute Gasteiger partial charge is 0.314 e. The zero-order chi connectivity index (χ0) is 15.7. The Balaban J connectivity index is 2.89. The van der Waals surface area contributed by atoms with E-state index in [9.17, 15) is 0 Å². The van der Waals surface area contributed by atoms with Crippen molar-refractivity contribution in [2.24, 2.45) is 0 Å². The number of hydrogen-bond acceptors (Lipinski definition) is 6. The Morgan fingerprint density at radius 3 is 1.15 bits per heavy atom. The molecule has 0 aromatic carbocycles. The molecule has 1 rings (SSSR count). The fourth-order valence-electron chi connectivity index (χ4n) is 2.28. The molecule has 1 aliphatic heterocycles. The molecule has 0 amide bonds. The van der Waals surface area contributed by atoms with Crippen molar-refractivity contribution in [2.45, 2.75) is 52.4 Å². The third-order valence-corrected chi connectivity index (χ3v) is 22.1. The maximum Gasteiger partial charge on any atom is 0.314 e. The van der Waals surface area contributed by atoms with E-state index >= 15 is 0 Å². The van der Waals surface area contributed by atoms with Crippen LogP contribution >= 0.6 is 0 Å². The highest BCUT2D eigenvalue weighted by Crippen LogP contribution is 2.24. The SMILES string of the molecule is C[Si]1(C)O[SiH2]O[SiH2]O[Si](C)(C)O[Si](C)(C)O[Si](C)(C)O1. The topological polar surface area (TPSA) is 55.4 Å². The van der Waals surface area contributed by atoms with Crippen LogP contribution in [0.5, 0.6) is 0 Å². The number of rotatable bonds is 0. The molecule has 0 bridgehead atoms. The predicted octanol–water partition coefficient (Wildman–Crippen LogP) is 0.904. The molecule has 0 aromatic rings. The van der Waals surface area contributed by atoms with Gasteiger partial charge in [-0.05, 0) is 52.4 Å². The molecule has 0 saturated carbocycles. The first-order valence-corrected chi connectivity index (χ1v) is 20.4. The summed E-state index contributed by atoms with van der Waals surface area (Å²) < 4.78 is 36.2. The van der Waals surface area contributed by atoms with Crippen LogP contribution in [-0.2, 0) is 24.7 Å². The van der Waals surface area contributed by atoms with Crippen molar-refractivity contribution in [3.63, 3.8) is 0 Å². The van der Waals surface area contributed by atoms with Crippen molar-refractivity contribution in [3.05, 3.63) is 0 Å². The summed E-state index contributed by atoms with van der Waals surface area (Å²) in [6, 6.07) is 0. The molecule has 0 radical (unpaired) electrons. The summed E-state index contributed by atoms with van der Waals surface area (Å²) in [6.45, 7) is 16.4. The Labute approximate surface area is 131 Å². The Bertz CT molecular complexity index is 305. The van der Waals surface area contributed by atoms with Crippen molar-refractivity contribution in [3.8, 4) is 0 Å². The largest absolute Gasteiger partial charge is 0.425 e. The van der Waals surface area contributed by atoms with E-state index in [0.29, 0.717) is 0 Å². The van der Waals surface area contributed by atoms with Crippen LogP contribution in [0.4, 0.5) is 0 Å². The summed E-state index contributed by atoms with van der Waals surface area (Å²) in [6.07, 6.45) is 0. The maximum absolute atomic E-state index is 6.30. The molecule has 0 aromatic heterocycles. The normalized spacial score (nSPS) is 32.4. The first-order chi connectivity index (χ1) is 8.83. The minimum absolute atomic E-state index is 1.02. The molecule has 0 aliphatic carbocycles. The lowest BCUT2D eigenvalue weighted by Gasteiger charge is -2.41. The van der Waals surface area contributed by atoms with E-state index in [1.807, 2.05) is 26.2 Å². The number of hydrogen-bond donors (Lipinski definition) is 0. The van der Waals surface area contributed by atoms with E-state index in [0.717, 1.165) is 0 Å². The first-order valence-electron chi connectivity index (χ1n) is 6.79. The van der Waals surface area contributed by atoms with Crippen LogP contribution in [0.3, 0.4) is 0 Å². The van der Waals surface area contributed by atoms with Gasteiger partial charge in [0.25, 0.3) is 20.0 Å². The van der Waals surface area contributed by atoms with Crippen LogP contribution in [-0.4, -0.2) is 54.3 Å². The van der Waals surface area contributed by atoms with Gasteiger partial charge >= 0.3 is 34.2 Å². The lowest BCUT2D eigenvalue weighted by molar-refractivity contribution is 0.266. The molecule has 12 heteroatoms. The van der Waals surface area contributed by atoms with Crippen molar-refractivity contribution >= 4 is 54.3 Å². The van der Waals surface area contributed by atoms with E-state index < -0.39 is 54.3 Å². The highest BCUT2D eigenvalue weighted by atomic mass is 28.5. The van der Waals surface area contributed by atoms with E-state index in [1.165, 1.54) is 0 Å². The minimum atomic E-state index is -2.28. The van der Waals surface area contributed by atoms with E-state index in [2.05, 4.69) is 26.2 Å². The van der Waals surface area contributed by atoms with Crippen molar-refractivity contribution in [2.75, 3.05) is 0 Å². The highest BCUT2D eigenvalue weighted by Gasteiger charge is 2.45. The van der Waals surface area contributed by atoms with Crippen LogP contribution in [0.25, 0.3) is 0 Å². The summed E-state index contributed by atoms with van der Waals surface area (Å²) in [7, 11) is -11.0. The molecular weight excluding hydrogens is 361 g/mol. The molecule has 0 atom stereocenters. The lowest BCUT2D eigenvalue weighted by Crippen LogP contribution is -2.58. The van der Waals surface area contributed by atoms with Gasteiger partial charge < -0.3 is 24.7 Å². The van der Waals surface area contributed by atoms with Gasteiger partial charge in [-0.1, -0.05) is 0 Å². The standard InChI is InChI=1S/C8H28O6Si6/c1-17(2)10-15-9-16-11-18(3,4)13-20(7,8)14-19(5,6)12-17/h15-16H2,1-8H3. The van der Waals surface area contributed by atoms with Gasteiger partial charge in [0.1, 0.15) is 0 Å². The van der Waals surface area contributed by atoms with Crippen LogP contribution < -0.4 is 0 Å². The average molecular weight is 389 g/mol. The minimum Gasteiger partial charge on any atom is -0.425 e. The van der Waals surface area contributed by atoms with Crippen molar-refractivity contribution in [1.29, 1.82) is 0 Å². The summed E-state index contributed by atoms with van der Waals surface area (Å²) >= 11 is 0. The lowest BCUT2D eigenvalue weighted by atomic mass is 11.9. The second kappa shape index (κ2) is 6.67. The van der Waals surface area contributed by atoms with Gasteiger partial charge in [-0.15, -0.1) is 0 Å². The summed E-state index contributed by atoms with van der Waals surface area (Å²) in [4.78, 5) is 0. The molecule has 1 fully saturated rings. The van der Waals surface area contributed by atoms with Crippen LogP contribution in [0.15, 0.2) is 0 Å². The van der Waals surface area contributed by atoms with E-state index in [1.54, 1.807) is 0 Å². The molecular formula is C8H28O6Si6. The predicted molar refractivity (Wildman–Crippen MR) is 93.5 cm³/mol. The van der Waals surface area contributed by atoms with Crippen LogP contribution in [0.1, 0.15) is 0 Å². The fourth-order valence-corrected chi connectivity index (χ4v) is 23.8. The van der Waals surface area contributed by atoms with Gasteiger partial charge in [0.15, 0.2) is 0 Å². The molecule has 1 saturated heterocycles. The summed E-state index contributed by atoms with van der Waals surface area (Å²) in [5.74, 6) is 0. The highest BCUT2D eigenvalue weighted by molar-refractivity contribution is 6.88. The molecule has 20 heavy (non-hydrogen) atoms. The zero-order valence-electron chi connectivity index (χ0n) is 13.9. The molecule has 0 spiro atoms. The summed E-state index contributed by atoms with van der Waals surface area (Å²) in [5, 5.41) is 0. The third kappa shape index (κ3) is 7.36. The van der Waals surface area contributed by atoms with Gasteiger partial charge in [0.2, 0.25) is 0 Å². The van der Waals surface area contributed by atoms with Crippen LogP contribution in [0.2, 0.25) is 52.4 Å². The van der Waals surface area contributed by atoms with Crippen molar-refractivity contribution < 1.29 is 24.7 Å². The molecule has 6 nitrogen and oxygen atoms in total. The Morgan fingerprint density at radius 1 is 0.500 bits per heavy atom. The molecule has 120 valence electrons. The van der Waals surface area contributed by atoms with Gasteiger partial charge in [0, 0.05) is 0 Å². The van der Waals surface area contributed by atoms with Gasteiger partial charge in [-0.2, -0.15) is 0 Å². The van der Waals surface area contributed by atoms with E-state index in [4.69, 9.17) is 24.7 Å². The second-order valence-corrected chi connectivity index (χ2v) is 24.7. The molecule has 1 aliphatic rings. The van der Waals surface area contributed by atoms with Crippen LogP contribution in [0, 0.1) is 0 Å². The Hall–Kier alpha value is 1.06. The molecule has 0 N–H and O–H groups in total. The fraction of sp³-hybridized carbons (Fsp3) is 1.00. The third-order valence-electron chi connectivity index (χ3n) is 2.45. The van der Waals surface area contributed by atoms with E-state index in [-0.39, 0.29) is 0 Å². The molecule has 1 heterocycles.